The number of imidazole rings is 2. The molecule has 0 saturated carbocycles. The Kier molecular flexibility index (Phi) is 31.0. The van der Waals surface area contributed by atoms with Crippen LogP contribution in [0.2, 0.25) is 0 Å². The topological polar surface area (TPSA) is 567 Å². The average Bonchev–Trinajstić information content (AvgIpc) is 3.70. The number of nitrogens with zero attached hydrogens (tertiary/aromatic N) is 2. The summed E-state index contributed by atoms with van der Waals surface area (Å²) in [5.41, 5.74) is 17.6. The van der Waals surface area contributed by atoms with Crippen molar-refractivity contribution in [3.05, 3.63) is 36.4 Å². The van der Waals surface area contributed by atoms with Gasteiger partial charge in [0.25, 0.3) is 0 Å². The molecule has 2 heterocycles. The van der Waals surface area contributed by atoms with Gasteiger partial charge in [-0.25, -0.2) is 14.8 Å². The molecule has 10 atom stereocenters. The Labute approximate surface area is 493 Å². The number of aliphatic carboxylic acids is 1. The van der Waals surface area contributed by atoms with E-state index in [1.807, 2.05) is 5.32 Å². The third-order valence-corrected chi connectivity index (χ3v) is 12.5. The van der Waals surface area contributed by atoms with Gasteiger partial charge in [0, 0.05) is 43.0 Å². The highest BCUT2D eigenvalue weighted by atomic mass is 16.4. The van der Waals surface area contributed by atoms with Gasteiger partial charge in [0.1, 0.15) is 54.4 Å². The summed E-state index contributed by atoms with van der Waals surface area (Å²) in [5, 5.41) is 54.7. The van der Waals surface area contributed by atoms with E-state index in [1.165, 1.54) is 32.0 Å². The van der Waals surface area contributed by atoms with Crippen LogP contribution in [0.25, 0.3) is 0 Å². The second kappa shape index (κ2) is 36.6. The molecule has 0 aliphatic rings. The molecule has 0 saturated heterocycles. The summed E-state index contributed by atoms with van der Waals surface area (Å²) in [5.74, 6) is -15.2. The van der Waals surface area contributed by atoms with Gasteiger partial charge in [-0.2, -0.15) is 0 Å². The van der Waals surface area contributed by atoms with Gasteiger partial charge in [0.2, 0.25) is 76.8 Å². The highest BCUT2D eigenvalue weighted by Gasteiger charge is 2.35. The van der Waals surface area contributed by atoms with Crippen molar-refractivity contribution in [1.82, 2.24) is 78.4 Å². The van der Waals surface area contributed by atoms with E-state index in [0.717, 1.165) is 0 Å². The summed E-state index contributed by atoms with van der Waals surface area (Å²) < 4.78 is 0. The normalized spacial score (nSPS) is 14.6. The molecule has 35 nitrogen and oxygen atoms in total. The minimum Gasteiger partial charge on any atom is -0.480 e. The molecule has 0 unspecified atom stereocenters. The Bertz CT molecular complexity index is 2650. The van der Waals surface area contributed by atoms with Crippen molar-refractivity contribution in [2.75, 3.05) is 26.3 Å². The van der Waals surface area contributed by atoms with E-state index in [2.05, 4.69) is 73.1 Å². The Hall–Kier alpha value is -9.12. The van der Waals surface area contributed by atoms with Gasteiger partial charge in [0.15, 0.2) is 0 Å². The van der Waals surface area contributed by atoms with Crippen molar-refractivity contribution in [2.24, 2.45) is 35.0 Å². The Morgan fingerprint density at radius 3 is 1.42 bits per heavy atom. The number of rotatable bonds is 39. The average molecular weight is 1220 g/mol. The number of aromatic nitrogens is 4. The van der Waals surface area contributed by atoms with Crippen molar-refractivity contribution in [3.8, 4) is 0 Å². The van der Waals surface area contributed by atoms with Gasteiger partial charge in [0.05, 0.1) is 51.4 Å². The van der Waals surface area contributed by atoms with Crippen molar-refractivity contribution >= 4 is 82.8 Å². The third-order valence-electron chi connectivity index (χ3n) is 12.5. The number of carbonyl (C=O) groups excluding carboxylic acids is 13. The highest BCUT2D eigenvalue weighted by Crippen LogP contribution is 2.11. The van der Waals surface area contributed by atoms with Crippen LogP contribution >= 0.6 is 0 Å². The number of aliphatic hydroxyl groups is 2. The predicted octanol–water partition coefficient (Wildman–Crippen LogP) is -8.18. The zero-order valence-corrected chi connectivity index (χ0v) is 48.8. The molecule has 0 aliphatic carbocycles. The Morgan fingerprint density at radius 2 is 0.930 bits per heavy atom. The standard InChI is InChI=1S/C51H82N18O17/c1-23(2)10-31(44(78)58-18-40(75)62-32(11-24(3)4)48(82)69-41(25(5)6)50(84)63-30(8-9-37(53)72)46(80)68-36(20-71)51(85)86)66-49(83)35(19-70)67-47(81)34(14-38(54)73)64-42(76)26(7)61-39(74)17-57-45(79)33(13-28-16-56-22-60-28)65-43(77)29(52)12-27-15-55-21-59-27/h15-16,21-26,29-36,41,70-71H,8-14,17-20,52H2,1-7H3,(H2,53,72)(H2,54,73)(H,55,59)(H,56,60)(H,57,79)(H,58,78)(H,61,74)(H,62,75)(H,63,84)(H,64,76)(H,65,77)(H,66,83)(H,67,81)(H,68,80)(H,69,82)(H,85,86)/t26-,29-,30-,31-,32-,33-,34-,35-,36-,41-/m0/s1. The lowest BCUT2D eigenvalue weighted by atomic mass is 9.99. The van der Waals surface area contributed by atoms with Gasteiger partial charge >= 0.3 is 5.97 Å². The first-order chi connectivity index (χ1) is 40.3. The van der Waals surface area contributed by atoms with Gasteiger partial charge in [-0.15, -0.1) is 0 Å². The summed E-state index contributed by atoms with van der Waals surface area (Å²) in [6, 6.07) is -14.8. The second-order valence-corrected chi connectivity index (χ2v) is 21.2. The maximum absolute atomic E-state index is 13.7. The molecule has 0 aromatic carbocycles. The SMILES string of the molecule is CC(C)C[C@H](NC(=O)CNC(=O)[C@H](CC(C)C)NC(=O)[C@H](CO)NC(=O)[C@H](CC(N)=O)NC(=O)[C@H](C)NC(=O)CNC(=O)[C@H](Cc1cnc[nH]1)NC(=O)[C@@H](N)Cc1cnc[nH]1)C(=O)N[C@H](C(=O)N[C@@H](CCC(N)=O)C(=O)N[C@@H](CO)C(=O)O)C(C)C. The summed E-state index contributed by atoms with van der Waals surface area (Å²) in [7, 11) is 0. The monoisotopic (exact) mass is 1220 g/mol. The number of carboxylic acid groups (broad SMARTS) is 1. The number of H-pyrrole nitrogens is 2. The van der Waals surface area contributed by atoms with Crippen LogP contribution in [0.4, 0.5) is 0 Å². The van der Waals surface area contributed by atoms with Crippen LogP contribution in [-0.2, 0) is 80.0 Å². The van der Waals surface area contributed by atoms with Crippen molar-refractivity contribution in [1.29, 1.82) is 0 Å². The number of aromatic amines is 2. The van der Waals surface area contributed by atoms with Crippen molar-refractivity contribution in [2.45, 2.75) is 154 Å². The van der Waals surface area contributed by atoms with E-state index in [0.29, 0.717) is 11.4 Å². The van der Waals surface area contributed by atoms with E-state index >= 15 is 0 Å². The third kappa shape index (κ3) is 26.6. The number of carbonyl (C=O) groups is 14. The number of nitrogens with two attached hydrogens (primary N) is 3. The molecular formula is C51H82N18O17. The molecule has 2 rings (SSSR count). The molecule has 22 N–H and O–H groups in total. The molecule has 2 aromatic heterocycles. The van der Waals surface area contributed by atoms with Crippen LogP contribution in [0, 0.1) is 17.8 Å². The molecule has 0 aliphatic heterocycles. The van der Waals surface area contributed by atoms with Crippen LogP contribution in [0.3, 0.4) is 0 Å². The molecule has 0 spiro atoms. The summed E-state index contributed by atoms with van der Waals surface area (Å²) >= 11 is 0. The summed E-state index contributed by atoms with van der Waals surface area (Å²) in [6.07, 6.45) is 3.92. The Morgan fingerprint density at radius 1 is 0.488 bits per heavy atom. The van der Waals surface area contributed by atoms with E-state index in [-0.39, 0.29) is 43.9 Å². The molecule has 0 fully saturated rings. The number of hydrogen-bond donors (Lipinski definition) is 19. The fourth-order valence-corrected chi connectivity index (χ4v) is 7.93. The lowest BCUT2D eigenvalue weighted by Crippen LogP contribution is -2.60. The molecule has 35 heteroatoms. The lowest BCUT2D eigenvalue weighted by Gasteiger charge is -2.28. The zero-order chi connectivity index (χ0) is 65.0. The van der Waals surface area contributed by atoms with E-state index < -0.39 is 188 Å². The van der Waals surface area contributed by atoms with Gasteiger partial charge < -0.3 is 101 Å². The summed E-state index contributed by atoms with van der Waals surface area (Å²) in [4.78, 5) is 195. The fraction of sp³-hybridized carbons (Fsp3) is 0.608. The van der Waals surface area contributed by atoms with Crippen LogP contribution in [0.15, 0.2) is 25.0 Å². The van der Waals surface area contributed by atoms with Crippen LogP contribution in [0.1, 0.15) is 92.0 Å². The minimum absolute atomic E-state index is 0.00541. The number of hydrogen-bond acceptors (Lipinski definition) is 19. The van der Waals surface area contributed by atoms with Crippen molar-refractivity contribution < 1.29 is 82.4 Å². The minimum atomic E-state index is -1.82. The molecule has 86 heavy (non-hydrogen) atoms. The van der Waals surface area contributed by atoms with Gasteiger partial charge in [-0.3, -0.25) is 62.3 Å². The molecule has 0 radical (unpaired) electrons. The maximum atomic E-state index is 13.7. The fourth-order valence-electron chi connectivity index (χ4n) is 7.93. The Balaban J connectivity index is 2.11. The second-order valence-electron chi connectivity index (χ2n) is 21.2. The maximum Gasteiger partial charge on any atom is 0.328 e. The van der Waals surface area contributed by atoms with Crippen LogP contribution < -0.4 is 75.7 Å². The number of amides is 13. The van der Waals surface area contributed by atoms with Crippen LogP contribution in [0.5, 0.6) is 0 Å². The highest BCUT2D eigenvalue weighted by molar-refractivity contribution is 5.99. The zero-order valence-electron chi connectivity index (χ0n) is 48.8. The van der Waals surface area contributed by atoms with Gasteiger partial charge in [-0.05, 0) is 43.9 Å². The quantitative estimate of drug-likeness (QED) is 0.0296. The van der Waals surface area contributed by atoms with E-state index in [1.54, 1.807) is 41.5 Å². The molecule has 478 valence electrons. The number of primary amides is 2. The lowest BCUT2D eigenvalue weighted by molar-refractivity contribution is -0.143. The first-order valence-corrected chi connectivity index (χ1v) is 27.3. The van der Waals surface area contributed by atoms with E-state index in [4.69, 9.17) is 17.2 Å². The van der Waals surface area contributed by atoms with Crippen LogP contribution in [-0.4, -0.2) is 205 Å². The molecular weight excluding hydrogens is 1140 g/mol. The first-order valence-electron chi connectivity index (χ1n) is 27.3. The molecule has 0 bridgehead atoms. The number of nitrogens with one attached hydrogen (secondary N) is 13. The molecule has 13 amide bonds. The smallest absolute Gasteiger partial charge is 0.328 e. The van der Waals surface area contributed by atoms with E-state index in [9.17, 15) is 82.4 Å². The number of aliphatic hydroxyl groups excluding tert-OH is 2. The van der Waals surface area contributed by atoms with Crippen molar-refractivity contribution in [3.63, 3.8) is 0 Å². The van der Waals surface area contributed by atoms with Gasteiger partial charge in [-0.1, -0.05) is 41.5 Å². The number of carboxylic acids is 1. The predicted molar refractivity (Wildman–Crippen MR) is 299 cm³/mol. The first kappa shape index (κ1) is 73.0. The largest absolute Gasteiger partial charge is 0.480 e. The summed E-state index contributed by atoms with van der Waals surface area (Å²) in [6.45, 7) is 7.55. The molecule has 2 aromatic rings.